The van der Waals surface area contributed by atoms with Crippen LogP contribution in [-0.4, -0.2) is 20.1 Å². The molecule has 0 aromatic heterocycles. The van der Waals surface area contributed by atoms with Gasteiger partial charge in [0.25, 0.3) is 0 Å². The maximum absolute atomic E-state index is 4.00. The molecule has 0 aromatic carbocycles. The highest BCUT2D eigenvalue weighted by atomic mass is 14.9. The van der Waals surface area contributed by atoms with Crippen molar-refractivity contribution in [3.8, 4) is 0 Å². The molecule has 0 fully saturated rings. The first-order valence-corrected chi connectivity index (χ1v) is 4.02. The third-order valence-electron chi connectivity index (χ3n) is 2.10. The largest absolute Gasteiger partial charge is 0.387 e. The number of hydrogen-bond donors (Lipinski definition) is 2. The van der Waals surface area contributed by atoms with E-state index in [0.717, 1.165) is 19.5 Å². The molecule has 0 aliphatic carbocycles. The zero-order chi connectivity index (χ0) is 8.27. The summed E-state index contributed by atoms with van der Waals surface area (Å²) >= 11 is 0. The highest BCUT2D eigenvalue weighted by Gasteiger charge is 2.09. The number of rotatable bonds is 2. The normalized spacial score (nSPS) is 18.5. The Hall–Kier alpha value is -0.760. The SMILES string of the molecule is C=C1CCNC(CNC)=C1C. The maximum atomic E-state index is 4.00. The summed E-state index contributed by atoms with van der Waals surface area (Å²) in [5.41, 5.74) is 3.89. The van der Waals surface area contributed by atoms with Crippen LogP contribution in [0.25, 0.3) is 0 Å². The minimum atomic E-state index is 0.921. The van der Waals surface area contributed by atoms with Crippen molar-refractivity contribution in [3.63, 3.8) is 0 Å². The molecule has 0 saturated heterocycles. The zero-order valence-corrected chi connectivity index (χ0v) is 7.33. The van der Waals surface area contributed by atoms with Crippen molar-refractivity contribution < 1.29 is 0 Å². The fourth-order valence-corrected chi connectivity index (χ4v) is 1.27. The van der Waals surface area contributed by atoms with Crippen molar-refractivity contribution in [2.24, 2.45) is 0 Å². The lowest BCUT2D eigenvalue weighted by molar-refractivity contribution is 0.691. The molecule has 0 spiro atoms. The molecule has 1 aliphatic heterocycles. The predicted molar refractivity (Wildman–Crippen MR) is 48.4 cm³/mol. The lowest BCUT2D eigenvalue weighted by Gasteiger charge is -2.21. The predicted octanol–water partition coefficient (Wildman–Crippen LogP) is 1.03. The van der Waals surface area contributed by atoms with E-state index in [1.165, 1.54) is 16.8 Å². The van der Waals surface area contributed by atoms with Gasteiger partial charge in [-0.25, -0.2) is 0 Å². The molecule has 1 rings (SSSR count). The van der Waals surface area contributed by atoms with Gasteiger partial charge in [0, 0.05) is 18.8 Å². The molecule has 62 valence electrons. The Labute approximate surface area is 68.4 Å². The molecule has 0 aromatic rings. The highest BCUT2D eigenvalue weighted by Crippen LogP contribution is 2.17. The van der Waals surface area contributed by atoms with Gasteiger partial charge in [-0.05, 0) is 31.5 Å². The van der Waals surface area contributed by atoms with Crippen molar-refractivity contribution in [1.82, 2.24) is 10.6 Å². The number of likely N-dealkylation sites (N-methyl/N-ethyl adjacent to an activating group) is 1. The van der Waals surface area contributed by atoms with E-state index in [0.29, 0.717) is 0 Å². The monoisotopic (exact) mass is 152 g/mol. The van der Waals surface area contributed by atoms with E-state index < -0.39 is 0 Å². The van der Waals surface area contributed by atoms with Crippen LogP contribution in [0.15, 0.2) is 23.4 Å². The van der Waals surface area contributed by atoms with Gasteiger partial charge in [-0.1, -0.05) is 6.58 Å². The second kappa shape index (κ2) is 3.58. The minimum Gasteiger partial charge on any atom is -0.387 e. The maximum Gasteiger partial charge on any atom is 0.0354 e. The van der Waals surface area contributed by atoms with Crippen LogP contribution in [0.1, 0.15) is 13.3 Å². The standard InChI is InChI=1S/C9H16N2/c1-7-4-5-11-9(6-10-3)8(7)2/h10-11H,1,4-6H2,2-3H3. The molecule has 0 saturated carbocycles. The Bertz CT molecular complexity index is 192. The lowest BCUT2D eigenvalue weighted by Crippen LogP contribution is -2.28. The molecule has 1 heterocycles. The van der Waals surface area contributed by atoms with Crippen LogP contribution in [0, 0.1) is 0 Å². The van der Waals surface area contributed by atoms with Gasteiger partial charge in [0.2, 0.25) is 0 Å². The summed E-state index contributed by atoms with van der Waals surface area (Å²) in [5.74, 6) is 0. The molecular weight excluding hydrogens is 136 g/mol. The third-order valence-corrected chi connectivity index (χ3v) is 2.10. The van der Waals surface area contributed by atoms with Gasteiger partial charge in [-0.15, -0.1) is 0 Å². The summed E-state index contributed by atoms with van der Waals surface area (Å²) in [4.78, 5) is 0. The van der Waals surface area contributed by atoms with E-state index in [-0.39, 0.29) is 0 Å². The average molecular weight is 152 g/mol. The van der Waals surface area contributed by atoms with Crippen molar-refractivity contribution >= 4 is 0 Å². The fraction of sp³-hybridized carbons (Fsp3) is 0.556. The van der Waals surface area contributed by atoms with Crippen molar-refractivity contribution in [3.05, 3.63) is 23.4 Å². The third kappa shape index (κ3) is 1.84. The first kappa shape index (κ1) is 8.34. The molecule has 2 heteroatoms. The van der Waals surface area contributed by atoms with Crippen molar-refractivity contribution in [2.75, 3.05) is 20.1 Å². The van der Waals surface area contributed by atoms with E-state index in [1.807, 2.05) is 7.05 Å². The fourth-order valence-electron chi connectivity index (χ4n) is 1.27. The number of hydrogen-bond acceptors (Lipinski definition) is 2. The van der Waals surface area contributed by atoms with Gasteiger partial charge in [0.15, 0.2) is 0 Å². The molecule has 1 aliphatic rings. The smallest absolute Gasteiger partial charge is 0.0354 e. The van der Waals surface area contributed by atoms with Crippen LogP contribution in [-0.2, 0) is 0 Å². The molecular formula is C9H16N2. The summed E-state index contributed by atoms with van der Waals surface area (Å²) in [6.07, 6.45) is 1.08. The average Bonchev–Trinajstić information content (AvgIpc) is 1.99. The van der Waals surface area contributed by atoms with Crippen molar-refractivity contribution in [1.29, 1.82) is 0 Å². The first-order valence-electron chi connectivity index (χ1n) is 4.02. The quantitative estimate of drug-likeness (QED) is 0.617. The molecule has 0 radical (unpaired) electrons. The molecule has 2 N–H and O–H groups in total. The van der Waals surface area contributed by atoms with Gasteiger partial charge < -0.3 is 10.6 Å². The lowest BCUT2D eigenvalue weighted by atomic mass is 10.0. The van der Waals surface area contributed by atoms with Gasteiger partial charge in [0.1, 0.15) is 0 Å². The molecule has 11 heavy (non-hydrogen) atoms. The summed E-state index contributed by atoms with van der Waals surface area (Å²) in [5, 5.41) is 6.48. The van der Waals surface area contributed by atoms with Crippen LogP contribution in [0.5, 0.6) is 0 Å². The van der Waals surface area contributed by atoms with E-state index in [4.69, 9.17) is 0 Å². The van der Waals surface area contributed by atoms with Crippen LogP contribution in [0.4, 0.5) is 0 Å². The summed E-state index contributed by atoms with van der Waals surface area (Å²) in [6, 6.07) is 0. The Morgan fingerprint density at radius 2 is 2.36 bits per heavy atom. The second-order valence-corrected chi connectivity index (χ2v) is 2.91. The van der Waals surface area contributed by atoms with Crippen LogP contribution in [0.3, 0.4) is 0 Å². The topological polar surface area (TPSA) is 24.1 Å². The van der Waals surface area contributed by atoms with Crippen LogP contribution >= 0.6 is 0 Å². The molecule has 0 unspecified atom stereocenters. The van der Waals surface area contributed by atoms with E-state index in [1.54, 1.807) is 0 Å². The molecule has 0 amide bonds. The minimum absolute atomic E-state index is 0.921. The van der Waals surface area contributed by atoms with Gasteiger partial charge in [-0.3, -0.25) is 0 Å². The van der Waals surface area contributed by atoms with E-state index in [9.17, 15) is 0 Å². The van der Waals surface area contributed by atoms with Gasteiger partial charge >= 0.3 is 0 Å². The summed E-state index contributed by atoms with van der Waals surface area (Å²) in [7, 11) is 1.96. The first-order chi connectivity index (χ1) is 5.25. The molecule has 2 nitrogen and oxygen atoms in total. The summed E-state index contributed by atoms with van der Waals surface area (Å²) < 4.78 is 0. The van der Waals surface area contributed by atoms with E-state index in [2.05, 4.69) is 24.1 Å². The Morgan fingerprint density at radius 1 is 1.64 bits per heavy atom. The highest BCUT2D eigenvalue weighted by molar-refractivity contribution is 5.34. The Balaban J connectivity index is 2.71. The Kier molecular flexibility index (Phi) is 2.71. The zero-order valence-electron chi connectivity index (χ0n) is 7.33. The summed E-state index contributed by atoms with van der Waals surface area (Å²) in [6.45, 7) is 8.08. The number of allylic oxidation sites excluding steroid dienone is 1. The molecule has 0 bridgehead atoms. The Morgan fingerprint density at radius 3 is 3.00 bits per heavy atom. The molecule has 0 atom stereocenters. The van der Waals surface area contributed by atoms with E-state index >= 15 is 0 Å². The van der Waals surface area contributed by atoms with Crippen LogP contribution in [0.2, 0.25) is 0 Å². The number of nitrogens with one attached hydrogen (secondary N) is 2. The van der Waals surface area contributed by atoms with Crippen LogP contribution < -0.4 is 10.6 Å². The van der Waals surface area contributed by atoms with Gasteiger partial charge in [0.05, 0.1) is 0 Å². The van der Waals surface area contributed by atoms with Crippen molar-refractivity contribution in [2.45, 2.75) is 13.3 Å². The van der Waals surface area contributed by atoms with Gasteiger partial charge in [-0.2, -0.15) is 0 Å². The second-order valence-electron chi connectivity index (χ2n) is 2.91.